The van der Waals surface area contributed by atoms with Crippen molar-refractivity contribution in [3.8, 4) is 0 Å². The number of hydrogen-bond donors (Lipinski definition) is 10. The average molecular weight is 891 g/mol. The summed E-state index contributed by atoms with van der Waals surface area (Å²) >= 11 is 0. The Labute approximate surface area is 359 Å². The standard InChI is InChI=1S/C42H66O20/c1-17(8-9-55-37(53)23-15-57-39(29-19(3)25(45)10-21(23)29)61-41-35(51)33(49)31(47)27(12-43)59-41)6-5-7-18(2)14-56-38(54)24-16-58-40(30-20(4)26(46)11-22(24)30)62-42-36(52)34(50)32(48)28(13-44)60-42/h15-22,25-36,39-52H,5-14H2,1-4H3/t17?,18?,19-,20-,21-,22-,25+,26+,27-,28-,29-,30-,31-,32-,33+,34+,35-,36-,39+,40+,41+,42+/m1/s1. The van der Waals surface area contributed by atoms with Crippen LogP contribution < -0.4 is 0 Å². The Kier molecular flexibility index (Phi) is 16.7. The van der Waals surface area contributed by atoms with E-state index < -0.39 is 135 Å². The molecule has 2 saturated heterocycles. The number of aliphatic hydroxyl groups is 10. The van der Waals surface area contributed by atoms with Crippen molar-refractivity contribution in [3.63, 3.8) is 0 Å². The van der Waals surface area contributed by atoms with Crippen molar-refractivity contribution in [2.45, 2.75) is 152 Å². The van der Waals surface area contributed by atoms with Gasteiger partial charge in [-0.25, -0.2) is 9.59 Å². The van der Waals surface area contributed by atoms with E-state index >= 15 is 0 Å². The SMILES string of the molecule is CC(CCCC(C)COC(=O)C1=CO[C@@H](O[C@@H]2O[C@H](CO)[C@@H](O)[C@H](O)[C@H]2O)[C@@H]2[C@H](C)[C@@H](O)C[C@H]12)CCOC(=O)C1=CO[C@@H](O[C@@H]2O[C@H](CO)[C@@H](O)[C@H](O)[C@H]2O)[C@@H]2[C@H](C)[C@@H](O)C[C@H]12. The molecule has 20 heteroatoms. The molecule has 2 aliphatic carbocycles. The molecule has 4 aliphatic heterocycles. The average Bonchev–Trinajstić information content (AvgIpc) is 3.72. The molecular formula is C42H66O20. The molecule has 0 spiro atoms. The summed E-state index contributed by atoms with van der Waals surface area (Å²) in [5.41, 5.74) is 0.488. The van der Waals surface area contributed by atoms with Crippen molar-refractivity contribution >= 4 is 11.9 Å². The Morgan fingerprint density at radius 1 is 0.613 bits per heavy atom. The first kappa shape index (κ1) is 48.9. The molecule has 6 aliphatic rings. The van der Waals surface area contributed by atoms with Gasteiger partial charge >= 0.3 is 11.9 Å². The Morgan fingerprint density at radius 2 is 1.05 bits per heavy atom. The molecule has 0 aromatic heterocycles. The largest absolute Gasteiger partial charge is 0.472 e. The van der Waals surface area contributed by atoms with E-state index in [2.05, 4.69) is 0 Å². The van der Waals surface area contributed by atoms with Crippen LogP contribution in [0.15, 0.2) is 23.7 Å². The zero-order valence-corrected chi connectivity index (χ0v) is 35.5. The van der Waals surface area contributed by atoms with Crippen LogP contribution in [0.2, 0.25) is 0 Å². The monoisotopic (exact) mass is 890 g/mol. The summed E-state index contributed by atoms with van der Waals surface area (Å²) in [6, 6.07) is 0. The smallest absolute Gasteiger partial charge is 0.337 e. The van der Waals surface area contributed by atoms with Crippen molar-refractivity contribution in [3.05, 3.63) is 23.7 Å². The van der Waals surface area contributed by atoms with Crippen molar-refractivity contribution < 1.29 is 98.5 Å². The van der Waals surface area contributed by atoms with Gasteiger partial charge in [-0.1, -0.05) is 40.5 Å². The molecular weight excluding hydrogens is 824 g/mol. The van der Waals surface area contributed by atoms with Crippen LogP contribution in [0, 0.1) is 47.3 Å². The highest BCUT2D eigenvalue weighted by molar-refractivity contribution is 5.89. The zero-order valence-electron chi connectivity index (χ0n) is 35.5. The van der Waals surface area contributed by atoms with Crippen LogP contribution in [0.1, 0.15) is 66.2 Å². The Balaban J connectivity index is 0.920. The molecule has 0 aromatic rings. The van der Waals surface area contributed by atoms with Gasteiger partial charge in [-0.3, -0.25) is 0 Å². The quantitative estimate of drug-likeness (QED) is 0.0727. The van der Waals surface area contributed by atoms with Gasteiger partial charge in [0.2, 0.25) is 12.6 Å². The van der Waals surface area contributed by atoms with E-state index in [0.717, 1.165) is 19.3 Å². The Morgan fingerprint density at radius 3 is 1.50 bits per heavy atom. The highest BCUT2D eigenvalue weighted by Crippen LogP contribution is 2.49. The molecule has 10 N–H and O–H groups in total. The Bertz CT molecular complexity index is 1560. The number of ether oxygens (including phenoxy) is 8. The molecule has 354 valence electrons. The number of rotatable bonds is 17. The fourth-order valence-corrected chi connectivity index (χ4v) is 9.74. The summed E-state index contributed by atoms with van der Waals surface area (Å²) < 4.78 is 45.7. The topological polar surface area (TPSA) is 310 Å². The molecule has 4 fully saturated rings. The van der Waals surface area contributed by atoms with Crippen LogP contribution >= 0.6 is 0 Å². The first-order valence-electron chi connectivity index (χ1n) is 21.8. The highest BCUT2D eigenvalue weighted by Gasteiger charge is 2.55. The lowest BCUT2D eigenvalue weighted by atomic mass is 9.83. The van der Waals surface area contributed by atoms with Gasteiger partial charge in [-0.05, 0) is 49.4 Å². The fraction of sp³-hybridized carbons (Fsp3) is 0.857. The van der Waals surface area contributed by atoms with Gasteiger partial charge in [0.25, 0.3) is 0 Å². The summed E-state index contributed by atoms with van der Waals surface area (Å²) in [4.78, 5) is 26.6. The second-order valence-electron chi connectivity index (χ2n) is 18.2. The number of esters is 2. The van der Waals surface area contributed by atoms with E-state index in [1.165, 1.54) is 12.5 Å². The summed E-state index contributed by atoms with van der Waals surface area (Å²) in [6.07, 6.45) is -12.8. The lowest BCUT2D eigenvalue weighted by Gasteiger charge is -2.43. The second-order valence-corrected chi connectivity index (χ2v) is 18.2. The van der Waals surface area contributed by atoms with E-state index in [0.29, 0.717) is 6.42 Å². The zero-order chi connectivity index (χ0) is 45.2. The number of aliphatic hydroxyl groups excluding tert-OH is 10. The molecule has 2 saturated carbocycles. The normalized spacial score (nSPS) is 43.8. The van der Waals surface area contributed by atoms with Crippen molar-refractivity contribution in [1.29, 1.82) is 0 Å². The predicted molar refractivity (Wildman–Crippen MR) is 208 cm³/mol. The van der Waals surface area contributed by atoms with Gasteiger partial charge in [0.1, 0.15) is 48.8 Å². The van der Waals surface area contributed by atoms with E-state index in [1.807, 2.05) is 13.8 Å². The lowest BCUT2D eigenvalue weighted by molar-refractivity contribution is -0.342. The second kappa shape index (κ2) is 21.2. The molecule has 20 nitrogen and oxygen atoms in total. The van der Waals surface area contributed by atoms with Crippen molar-refractivity contribution in [2.75, 3.05) is 26.4 Å². The number of carbonyl (C=O) groups excluding carboxylic acids is 2. The summed E-state index contributed by atoms with van der Waals surface area (Å²) in [6.45, 7) is 6.61. The molecule has 0 radical (unpaired) electrons. The molecule has 6 rings (SSSR count). The van der Waals surface area contributed by atoms with Crippen molar-refractivity contribution in [1.82, 2.24) is 0 Å². The fourth-order valence-electron chi connectivity index (χ4n) is 9.74. The summed E-state index contributed by atoms with van der Waals surface area (Å²) in [7, 11) is 0. The maximum Gasteiger partial charge on any atom is 0.337 e. The highest BCUT2D eigenvalue weighted by atomic mass is 16.8. The van der Waals surface area contributed by atoms with Crippen LogP contribution in [-0.4, -0.2) is 176 Å². The minimum atomic E-state index is -1.65. The number of carbonyl (C=O) groups is 2. The third-order valence-electron chi connectivity index (χ3n) is 13.9. The third kappa shape index (κ3) is 10.4. The predicted octanol–water partition coefficient (Wildman–Crippen LogP) is -1.71. The lowest BCUT2D eigenvalue weighted by Crippen LogP contribution is -2.60. The van der Waals surface area contributed by atoms with Gasteiger partial charge in [0.15, 0.2) is 12.6 Å². The van der Waals surface area contributed by atoms with Crippen LogP contribution in [0.25, 0.3) is 0 Å². The Hall–Kier alpha value is -2.54. The molecule has 22 atom stereocenters. The van der Waals surface area contributed by atoms with Gasteiger partial charge in [-0.15, -0.1) is 0 Å². The van der Waals surface area contributed by atoms with E-state index in [1.54, 1.807) is 13.8 Å². The molecule has 0 amide bonds. The van der Waals surface area contributed by atoms with E-state index in [9.17, 15) is 60.7 Å². The number of hydrogen-bond acceptors (Lipinski definition) is 20. The molecule has 0 aromatic carbocycles. The van der Waals surface area contributed by atoms with E-state index in [4.69, 9.17) is 37.9 Å². The minimum absolute atomic E-state index is 0.0177. The molecule has 0 bridgehead atoms. The van der Waals surface area contributed by atoms with Gasteiger partial charge in [0.05, 0.1) is 62.3 Å². The van der Waals surface area contributed by atoms with Crippen LogP contribution in [0.3, 0.4) is 0 Å². The summed E-state index contributed by atoms with van der Waals surface area (Å²) in [5.74, 6) is -3.76. The first-order valence-corrected chi connectivity index (χ1v) is 21.8. The molecule has 2 unspecified atom stereocenters. The first-order chi connectivity index (χ1) is 29.5. The van der Waals surface area contributed by atoms with Crippen LogP contribution in [0.4, 0.5) is 0 Å². The maximum absolute atomic E-state index is 13.3. The van der Waals surface area contributed by atoms with E-state index in [-0.39, 0.29) is 60.9 Å². The minimum Gasteiger partial charge on any atom is -0.472 e. The van der Waals surface area contributed by atoms with Gasteiger partial charge < -0.3 is 89.0 Å². The summed E-state index contributed by atoms with van der Waals surface area (Å²) in [5, 5.41) is 102. The van der Waals surface area contributed by atoms with Gasteiger partial charge in [0, 0.05) is 23.7 Å². The molecule has 62 heavy (non-hydrogen) atoms. The van der Waals surface area contributed by atoms with Crippen LogP contribution in [-0.2, 0) is 47.5 Å². The maximum atomic E-state index is 13.3. The number of fused-ring (bicyclic) bond motifs is 2. The van der Waals surface area contributed by atoms with Crippen LogP contribution in [0.5, 0.6) is 0 Å². The van der Waals surface area contributed by atoms with Crippen molar-refractivity contribution in [2.24, 2.45) is 47.3 Å². The molecule has 4 heterocycles. The van der Waals surface area contributed by atoms with Gasteiger partial charge in [-0.2, -0.15) is 0 Å². The third-order valence-corrected chi connectivity index (χ3v) is 13.9.